The second kappa shape index (κ2) is 8.32. The van der Waals surface area contributed by atoms with Gasteiger partial charge in [0.25, 0.3) is 0 Å². The normalized spacial score (nSPS) is 23.2. The van der Waals surface area contributed by atoms with E-state index in [2.05, 4.69) is 5.32 Å². The smallest absolute Gasteiger partial charge is 0.218 e. The van der Waals surface area contributed by atoms with Crippen molar-refractivity contribution in [3.8, 4) is 0 Å². The summed E-state index contributed by atoms with van der Waals surface area (Å²) in [6, 6.07) is 4.64. The molecule has 2 fully saturated rings. The van der Waals surface area contributed by atoms with Gasteiger partial charge in [-0.2, -0.15) is 0 Å². The van der Waals surface area contributed by atoms with Crippen molar-refractivity contribution in [3.05, 3.63) is 34.6 Å². The van der Waals surface area contributed by atoms with Gasteiger partial charge in [0.05, 0.1) is 10.8 Å². The molecule has 0 aromatic heterocycles. The van der Waals surface area contributed by atoms with Gasteiger partial charge in [0.15, 0.2) is 0 Å². The number of hydrogen-bond donors (Lipinski definition) is 1. The van der Waals surface area contributed by atoms with E-state index in [-0.39, 0.29) is 23.2 Å². The first-order valence-corrected chi connectivity index (χ1v) is 10.1. The molecule has 0 amide bonds. The van der Waals surface area contributed by atoms with Crippen LogP contribution in [0.2, 0.25) is 5.02 Å². The fraction of sp³-hybridized carbons (Fsp3) is 0.625. The maximum atomic E-state index is 13.2. The van der Waals surface area contributed by atoms with Gasteiger partial charge in [-0.1, -0.05) is 17.7 Å². The van der Waals surface area contributed by atoms with E-state index >= 15 is 0 Å². The van der Waals surface area contributed by atoms with Crippen molar-refractivity contribution in [2.45, 2.75) is 37.5 Å². The van der Waals surface area contributed by atoms with E-state index in [0.29, 0.717) is 30.6 Å². The largest absolute Gasteiger partial charge is 0.314 e. The number of nitrogens with zero attached hydrogens (tertiary/aromatic N) is 1. The zero-order chi connectivity index (χ0) is 16.4. The topological polar surface area (TPSA) is 49.4 Å². The Morgan fingerprint density at radius 2 is 1.96 bits per heavy atom. The zero-order valence-electron chi connectivity index (χ0n) is 13.4. The molecule has 2 aliphatic heterocycles. The average molecular weight is 397 g/mol. The molecule has 0 bridgehead atoms. The molecular formula is C16H23Cl2FN2O2S. The molecule has 3 rings (SSSR count). The monoisotopic (exact) mass is 396 g/mol. The second-order valence-corrected chi connectivity index (χ2v) is 8.82. The SMILES string of the molecule is Cl.O=S(=O)(Cc1ccc(F)c(Cl)c1)N1CCC(C2CCCN2)CC1. The molecule has 0 aliphatic carbocycles. The van der Waals surface area contributed by atoms with Crippen LogP contribution in [0.15, 0.2) is 18.2 Å². The maximum Gasteiger partial charge on any atom is 0.218 e. The summed E-state index contributed by atoms with van der Waals surface area (Å²) in [6.45, 7) is 2.22. The van der Waals surface area contributed by atoms with Crippen LogP contribution >= 0.6 is 24.0 Å². The lowest BCUT2D eigenvalue weighted by Crippen LogP contribution is -2.43. The summed E-state index contributed by atoms with van der Waals surface area (Å²) in [5, 5.41) is 3.47. The molecule has 1 unspecified atom stereocenters. The van der Waals surface area contributed by atoms with Crippen molar-refractivity contribution in [1.29, 1.82) is 0 Å². The third-order valence-electron chi connectivity index (χ3n) is 4.89. The quantitative estimate of drug-likeness (QED) is 0.849. The minimum Gasteiger partial charge on any atom is -0.314 e. The molecule has 2 aliphatic rings. The van der Waals surface area contributed by atoms with Gasteiger partial charge in [-0.25, -0.2) is 17.1 Å². The molecule has 0 spiro atoms. The fourth-order valence-electron chi connectivity index (χ4n) is 3.60. The maximum absolute atomic E-state index is 13.2. The zero-order valence-corrected chi connectivity index (χ0v) is 15.8. The van der Waals surface area contributed by atoms with E-state index in [4.69, 9.17) is 11.6 Å². The number of sulfonamides is 1. The fourth-order valence-corrected chi connectivity index (χ4v) is 5.36. The van der Waals surface area contributed by atoms with Crippen molar-refractivity contribution in [2.24, 2.45) is 5.92 Å². The predicted molar refractivity (Wildman–Crippen MR) is 96.6 cm³/mol. The van der Waals surface area contributed by atoms with Gasteiger partial charge in [0, 0.05) is 19.1 Å². The molecule has 2 heterocycles. The van der Waals surface area contributed by atoms with Gasteiger partial charge in [0.2, 0.25) is 10.0 Å². The van der Waals surface area contributed by atoms with E-state index in [1.54, 1.807) is 4.31 Å². The number of piperidine rings is 1. The molecule has 24 heavy (non-hydrogen) atoms. The molecule has 8 heteroatoms. The van der Waals surface area contributed by atoms with E-state index in [1.807, 2.05) is 0 Å². The lowest BCUT2D eigenvalue weighted by Gasteiger charge is -2.34. The van der Waals surface area contributed by atoms with Gasteiger partial charge in [-0.3, -0.25) is 0 Å². The Bertz CT molecular complexity index is 658. The molecule has 0 saturated carbocycles. The number of halogens is 3. The van der Waals surface area contributed by atoms with Crippen LogP contribution in [0.25, 0.3) is 0 Å². The highest BCUT2D eigenvalue weighted by Gasteiger charge is 2.32. The van der Waals surface area contributed by atoms with E-state index in [9.17, 15) is 12.8 Å². The van der Waals surface area contributed by atoms with Gasteiger partial charge in [0.1, 0.15) is 5.82 Å². The minimum atomic E-state index is -3.38. The molecular weight excluding hydrogens is 374 g/mol. The standard InChI is InChI=1S/C16H22ClFN2O2S.ClH/c17-14-10-12(3-4-15(14)18)11-23(21,22)20-8-5-13(6-9-20)16-2-1-7-19-16;/h3-4,10,13,16,19H,1-2,5-9,11H2;1H. The summed E-state index contributed by atoms with van der Waals surface area (Å²) in [4.78, 5) is 0. The Hall–Kier alpha value is -0.400. The summed E-state index contributed by atoms with van der Waals surface area (Å²) >= 11 is 5.73. The molecule has 136 valence electrons. The van der Waals surface area contributed by atoms with Gasteiger partial charge >= 0.3 is 0 Å². The van der Waals surface area contributed by atoms with E-state index < -0.39 is 15.8 Å². The third-order valence-corrected chi connectivity index (χ3v) is 7.03. The molecule has 4 nitrogen and oxygen atoms in total. The van der Waals surface area contributed by atoms with Crippen molar-refractivity contribution >= 4 is 34.0 Å². The lowest BCUT2D eigenvalue weighted by molar-refractivity contribution is 0.234. The van der Waals surface area contributed by atoms with Crippen molar-refractivity contribution in [3.63, 3.8) is 0 Å². The summed E-state index contributed by atoms with van der Waals surface area (Å²) in [5.74, 6) is -0.0822. The highest BCUT2D eigenvalue weighted by atomic mass is 35.5. The van der Waals surface area contributed by atoms with E-state index in [0.717, 1.165) is 19.4 Å². The first-order valence-electron chi connectivity index (χ1n) is 8.11. The Morgan fingerprint density at radius 1 is 1.25 bits per heavy atom. The number of rotatable bonds is 4. The number of hydrogen-bond acceptors (Lipinski definition) is 3. The molecule has 1 N–H and O–H groups in total. The summed E-state index contributed by atoms with van der Waals surface area (Å²) < 4.78 is 39.8. The molecule has 2 saturated heterocycles. The van der Waals surface area contributed by atoms with Crippen LogP contribution < -0.4 is 5.32 Å². The third kappa shape index (κ3) is 4.61. The predicted octanol–water partition coefficient (Wildman–Crippen LogP) is 3.19. The Balaban J connectivity index is 0.00000208. The van der Waals surface area contributed by atoms with Gasteiger partial charge < -0.3 is 5.32 Å². The molecule has 1 aromatic carbocycles. The minimum absolute atomic E-state index is 0. The summed E-state index contributed by atoms with van der Waals surface area (Å²) in [5.41, 5.74) is 0.524. The highest BCUT2D eigenvalue weighted by Crippen LogP contribution is 2.28. The van der Waals surface area contributed by atoms with Crippen molar-refractivity contribution < 1.29 is 12.8 Å². The van der Waals surface area contributed by atoms with Crippen LogP contribution in [-0.2, 0) is 15.8 Å². The molecule has 1 atom stereocenters. The van der Waals surface area contributed by atoms with Crippen LogP contribution in [-0.4, -0.2) is 38.4 Å². The van der Waals surface area contributed by atoms with Gasteiger partial charge in [-0.05, 0) is 55.8 Å². The Morgan fingerprint density at radius 3 is 2.54 bits per heavy atom. The number of benzene rings is 1. The lowest BCUT2D eigenvalue weighted by atomic mass is 9.89. The molecule has 1 aromatic rings. The van der Waals surface area contributed by atoms with E-state index in [1.165, 1.54) is 31.0 Å². The summed E-state index contributed by atoms with van der Waals surface area (Å²) in [7, 11) is -3.38. The molecule has 0 radical (unpaired) electrons. The summed E-state index contributed by atoms with van der Waals surface area (Å²) in [6.07, 6.45) is 4.22. The highest BCUT2D eigenvalue weighted by molar-refractivity contribution is 7.88. The van der Waals surface area contributed by atoms with Gasteiger partial charge in [-0.15, -0.1) is 12.4 Å². The second-order valence-electron chi connectivity index (χ2n) is 6.44. The van der Waals surface area contributed by atoms with Crippen LogP contribution in [0.5, 0.6) is 0 Å². The van der Waals surface area contributed by atoms with Crippen LogP contribution in [0.1, 0.15) is 31.2 Å². The Labute approximate surface area is 154 Å². The Kier molecular flexibility index (Phi) is 6.90. The first-order chi connectivity index (χ1) is 11.0. The van der Waals surface area contributed by atoms with Crippen LogP contribution in [0.4, 0.5) is 4.39 Å². The van der Waals surface area contributed by atoms with Crippen molar-refractivity contribution in [1.82, 2.24) is 9.62 Å². The van der Waals surface area contributed by atoms with Crippen molar-refractivity contribution in [2.75, 3.05) is 19.6 Å². The average Bonchev–Trinajstić information content (AvgIpc) is 3.05. The van der Waals surface area contributed by atoms with Crippen LogP contribution in [0.3, 0.4) is 0 Å². The van der Waals surface area contributed by atoms with Crippen LogP contribution in [0, 0.1) is 11.7 Å². The number of nitrogens with one attached hydrogen (secondary N) is 1. The first kappa shape index (κ1) is 19.9.